The number of ether oxygens (including phenoxy) is 1. The van der Waals surface area contributed by atoms with Crippen LogP contribution < -0.4 is 0 Å². The summed E-state index contributed by atoms with van der Waals surface area (Å²) in [6.45, 7) is 0.957. The van der Waals surface area contributed by atoms with Crippen LogP contribution in [0.15, 0.2) is 18.2 Å². The van der Waals surface area contributed by atoms with Crippen molar-refractivity contribution >= 4 is 11.7 Å². The molecule has 7 heteroatoms. The maximum Gasteiger partial charge on any atom is 0.332 e. The van der Waals surface area contributed by atoms with Crippen molar-refractivity contribution in [2.75, 3.05) is 0 Å². The molecule has 0 amide bonds. The number of carbonyl (C=O) groups is 1. The van der Waals surface area contributed by atoms with Crippen molar-refractivity contribution in [1.29, 1.82) is 0 Å². The average Bonchev–Trinajstić information content (AvgIpc) is 2.26. The molecular formula is C10H10FNO5. The molecule has 0 radical (unpaired) electrons. The molecule has 0 spiro atoms. The summed E-state index contributed by atoms with van der Waals surface area (Å²) < 4.78 is 18.3. The van der Waals surface area contributed by atoms with Gasteiger partial charge in [-0.1, -0.05) is 12.1 Å². The van der Waals surface area contributed by atoms with Gasteiger partial charge in [-0.15, -0.1) is 0 Å². The molecule has 1 atom stereocenters. The second kappa shape index (κ2) is 5.35. The third-order valence-electron chi connectivity index (χ3n) is 2.09. The molecule has 0 saturated carbocycles. The van der Waals surface area contributed by atoms with Gasteiger partial charge in [0, 0.05) is 11.6 Å². The number of aliphatic carboxylic acids is 1. The van der Waals surface area contributed by atoms with Crippen molar-refractivity contribution in [3.8, 4) is 0 Å². The second-order valence-electron chi connectivity index (χ2n) is 3.30. The number of nitrogens with zero attached hydrogens (tertiary/aromatic N) is 1. The summed E-state index contributed by atoms with van der Waals surface area (Å²) in [5.41, 5.74) is -0.707. The molecule has 17 heavy (non-hydrogen) atoms. The van der Waals surface area contributed by atoms with E-state index in [2.05, 4.69) is 0 Å². The van der Waals surface area contributed by atoms with E-state index in [9.17, 15) is 19.3 Å². The predicted octanol–water partition coefficient (Wildman–Crippen LogP) is 1.72. The first-order chi connectivity index (χ1) is 7.93. The van der Waals surface area contributed by atoms with Gasteiger partial charge in [0.15, 0.2) is 6.10 Å². The van der Waals surface area contributed by atoms with E-state index in [1.807, 2.05) is 0 Å². The lowest BCUT2D eigenvalue weighted by atomic mass is 10.2. The van der Waals surface area contributed by atoms with Crippen LogP contribution in [0.25, 0.3) is 0 Å². The number of nitro benzene ring substituents is 1. The first-order valence-corrected chi connectivity index (χ1v) is 4.69. The fourth-order valence-electron chi connectivity index (χ4n) is 1.10. The molecule has 0 saturated heterocycles. The third kappa shape index (κ3) is 3.22. The lowest BCUT2D eigenvalue weighted by molar-refractivity contribution is -0.387. The quantitative estimate of drug-likeness (QED) is 0.628. The lowest BCUT2D eigenvalue weighted by Gasteiger charge is -2.08. The SMILES string of the molecule is C[C@H](OCc1cccc([N+](=O)[O-])c1F)C(=O)O. The molecule has 0 heterocycles. The second-order valence-corrected chi connectivity index (χ2v) is 3.30. The Balaban J connectivity index is 2.82. The van der Waals surface area contributed by atoms with Crippen LogP contribution in [0.4, 0.5) is 10.1 Å². The number of carboxylic acids is 1. The summed E-state index contributed by atoms with van der Waals surface area (Å²) in [5, 5.41) is 19.0. The number of carboxylic acid groups (broad SMARTS) is 1. The Morgan fingerprint density at radius 3 is 2.82 bits per heavy atom. The molecule has 92 valence electrons. The molecule has 0 aliphatic rings. The molecule has 0 unspecified atom stereocenters. The van der Waals surface area contributed by atoms with Gasteiger partial charge in [-0.2, -0.15) is 4.39 Å². The smallest absolute Gasteiger partial charge is 0.332 e. The Labute approximate surface area is 95.8 Å². The number of nitro groups is 1. The van der Waals surface area contributed by atoms with E-state index in [1.54, 1.807) is 0 Å². The maximum atomic E-state index is 13.5. The van der Waals surface area contributed by atoms with E-state index in [4.69, 9.17) is 9.84 Å². The summed E-state index contributed by atoms with van der Waals surface area (Å²) in [6.07, 6.45) is -1.10. The van der Waals surface area contributed by atoms with Crippen LogP contribution in [0.5, 0.6) is 0 Å². The number of hydrogen-bond donors (Lipinski definition) is 1. The van der Waals surface area contributed by atoms with E-state index in [-0.39, 0.29) is 12.2 Å². The van der Waals surface area contributed by atoms with Crippen LogP contribution in [-0.2, 0) is 16.1 Å². The molecule has 1 aromatic carbocycles. The zero-order valence-corrected chi connectivity index (χ0v) is 8.92. The first-order valence-electron chi connectivity index (χ1n) is 4.69. The molecule has 1 aromatic rings. The zero-order valence-electron chi connectivity index (χ0n) is 8.92. The van der Waals surface area contributed by atoms with Crippen molar-refractivity contribution in [1.82, 2.24) is 0 Å². The average molecular weight is 243 g/mol. The van der Waals surface area contributed by atoms with Crippen molar-refractivity contribution in [3.63, 3.8) is 0 Å². The Morgan fingerprint density at radius 2 is 2.29 bits per heavy atom. The summed E-state index contributed by atoms with van der Waals surface area (Å²) in [7, 11) is 0. The van der Waals surface area contributed by atoms with Crippen molar-refractivity contribution in [2.24, 2.45) is 0 Å². The first kappa shape index (κ1) is 13.0. The van der Waals surface area contributed by atoms with E-state index < -0.39 is 28.5 Å². The molecular weight excluding hydrogens is 233 g/mol. The van der Waals surface area contributed by atoms with E-state index >= 15 is 0 Å². The van der Waals surface area contributed by atoms with Gasteiger partial charge < -0.3 is 9.84 Å². The summed E-state index contributed by atoms with van der Waals surface area (Å²) >= 11 is 0. The van der Waals surface area contributed by atoms with Crippen LogP contribution in [0.2, 0.25) is 0 Å². The summed E-state index contributed by atoms with van der Waals surface area (Å²) in [4.78, 5) is 20.1. The Hall–Kier alpha value is -2.02. The molecule has 6 nitrogen and oxygen atoms in total. The van der Waals surface area contributed by atoms with Crippen LogP contribution in [0, 0.1) is 15.9 Å². The monoisotopic (exact) mass is 243 g/mol. The molecule has 0 aliphatic heterocycles. The van der Waals surface area contributed by atoms with Crippen molar-refractivity contribution in [2.45, 2.75) is 19.6 Å². The van der Waals surface area contributed by atoms with Crippen molar-refractivity contribution < 1.29 is 24.0 Å². The highest BCUT2D eigenvalue weighted by molar-refractivity contribution is 5.71. The predicted molar refractivity (Wildman–Crippen MR) is 54.9 cm³/mol. The standard InChI is InChI=1S/C10H10FNO5/c1-6(10(13)14)17-5-7-3-2-4-8(9(7)11)12(15)16/h2-4,6H,5H2,1H3,(H,13,14)/t6-/m0/s1. The Kier molecular flexibility index (Phi) is 4.11. The van der Waals surface area contributed by atoms with Crippen molar-refractivity contribution in [3.05, 3.63) is 39.7 Å². The molecule has 0 bridgehead atoms. The number of halogens is 1. The minimum atomic E-state index is -1.18. The summed E-state index contributed by atoms with van der Waals surface area (Å²) in [6, 6.07) is 3.64. The topological polar surface area (TPSA) is 89.7 Å². The van der Waals surface area contributed by atoms with Gasteiger partial charge >= 0.3 is 11.7 Å². The largest absolute Gasteiger partial charge is 0.479 e. The fourth-order valence-corrected chi connectivity index (χ4v) is 1.10. The van der Waals surface area contributed by atoms with Gasteiger partial charge in [-0.05, 0) is 6.92 Å². The highest BCUT2D eigenvalue weighted by Crippen LogP contribution is 2.20. The van der Waals surface area contributed by atoms with Gasteiger partial charge in [-0.3, -0.25) is 10.1 Å². The number of hydrogen-bond acceptors (Lipinski definition) is 4. The van der Waals surface area contributed by atoms with Gasteiger partial charge in [0.2, 0.25) is 5.82 Å². The van der Waals surface area contributed by atoms with E-state index in [0.29, 0.717) is 0 Å². The minimum Gasteiger partial charge on any atom is -0.479 e. The molecule has 0 aliphatic carbocycles. The van der Waals surface area contributed by atoms with Gasteiger partial charge in [-0.25, -0.2) is 4.79 Å². The summed E-state index contributed by atoms with van der Waals surface area (Å²) in [5.74, 6) is -2.19. The number of benzene rings is 1. The lowest BCUT2D eigenvalue weighted by Crippen LogP contribution is -2.19. The molecule has 1 rings (SSSR count). The van der Waals surface area contributed by atoms with Gasteiger partial charge in [0.1, 0.15) is 0 Å². The zero-order chi connectivity index (χ0) is 13.0. The van der Waals surface area contributed by atoms with Crippen LogP contribution in [0.3, 0.4) is 0 Å². The van der Waals surface area contributed by atoms with E-state index in [0.717, 1.165) is 6.07 Å². The fraction of sp³-hybridized carbons (Fsp3) is 0.300. The van der Waals surface area contributed by atoms with E-state index in [1.165, 1.54) is 19.1 Å². The Bertz CT molecular complexity index is 448. The highest BCUT2D eigenvalue weighted by atomic mass is 19.1. The van der Waals surface area contributed by atoms with Gasteiger partial charge in [0.25, 0.3) is 0 Å². The molecule has 0 aromatic heterocycles. The molecule has 0 fully saturated rings. The van der Waals surface area contributed by atoms with Crippen LogP contribution >= 0.6 is 0 Å². The minimum absolute atomic E-state index is 0.0488. The number of rotatable bonds is 5. The maximum absolute atomic E-state index is 13.5. The van der Waals surface area contributed by atoms with Crippen LogP contribution in [0.1, 0.15) is 12.5 Å². The highest BCUT2D eigenvalue weighted by Gasteiger charge is 2.18. The Morgan fingerprint density at radius 1 is 1.65 bits per heavy atom. The van der Waals surface area contributed by atoms with Crippen LogP contribution in [-0.4, -0.2) is 22.1 Å². The molecule has 1 N–H and O–H groups in total. The van der Waals surface area contributed by atoms with Gasteiger partial charge in [0.05, 0.1) is 11.5 Å². The third-order valence-corrected chi connectivity index (χ3v) is 2.09. The normalized spacial score (nSPS) is 12.1.